The highest BCUT2D eigenvalue weighted by Crippen LogP contribution is 2.33. The van der Waals surface area contributed by atoms with Gasteiger partial charge in [0.25, 0.3) is 0 Å². The van der Waals surface area contributed by atoms with Gasteiger partial charge in [-0.05, 0) is 91.5 Å². The predicted molar refractivity (Wildman–Crippen MR) is 129 cm³/mol. The van der Waals surface area contributed by atoms with Crippen molar-refractivity contribution >= 4 is 0 Å². The fraction of sp³-hybridized carbons (Fsp3) is 0.586. The lowest BCUT2D eigenvalue weighted by atomic mass is 9.84. The Hall–Kier alpha value is -1.76. The predicted octanol–water partition coefficient (Wildman–Crippen LogP) is 8.36. The third-order valence-corrected chi connectivity index (χ3v) is 6.68. The van der Waals surface area contributed by atoms with Crippen LogP contribution in [0.25, 0.3) is 0 Å². The number of ether oxygens (including phenoxy) is 1. The summed E-state index contributed by atoms with van der Waals surface area (Å²) >= 11 is 0. The summed E-state index contributed by atoms with van der Waals surface area (Å²) in [7, 11) is 0. The first-order valence-corrected chi connectivity index (χ1v) is 12.4. The number of aryl methyl sites for hydroxylation is 1. The van der Waals surface area contributed by atoms with Crippen molar-refractivity contribution in [3.63, 3.8) is 0 Å². The molecule has 0 saturated heterocycles. The Labute approximate surface area is 185 Å². The van der Waals surface area contributed by atoms with Gasteiger partial charge >= 0.3 is 0 Å². The first-order chi connectivity index (χ1) is 14.6. The molecule has 0 aliphatic heterocycles. The zero-order valence-electron chi connectivity index (χ0n) is 19.5. The summed E-state index contributed by atoms with van der Waals surface area (Å²) in [4.78, 5) is 0. The Bertz CT molecular complexity index is 707. The van der Waals surface area contributed by atoms with Gasteiger partial charge in [-0.3, -0.25) is 0 Å². The fourth-order valence-corrected chi connectivity index (χ4v) is 4.70. The van der Waals surface area contributed by atoms with Crippen molar-refractivity contribution in [2.24, 2.45) is 11.8 Å². The molecule has 30 heavy (non-hydrogen) atoms. The number of hydrogen-bond donors (Lipinski definition) is 0. The van der Waals surface area contributed by atoms with E-state index in [0.29, 0.717) is 5.92 Å². The quantitative estimate of drug-likeness (QED) is 0.341. The van der Waals surface area contributed by atoms with Crippen LogP contribution in [0.15, 0.2) is 48.5 Å². The van der Waals surface area contributed by atoms with Gasteiger partial charge in [-0.15, -0.1) is 0 Å². The third-order valence-electron chi connectivity index (χ3n) is 6.68. The fourth-order valence-electron chi connectivity index (χ4n) is 4.70. The maximum absolute atomic E-state index is 6.01. The second kappa shape index (κ2) is 12.2. The van der Waals surface area contributed by atoms with Crippen LogP contribution in [0.4, 0.5) is 0 Å². The van der Waals surface area contributed by atoms with E-state index in [4.69, 9.17) is 4.74 Å². The van der Waals surface area contributed by atoms with Crippen molar-refractivity contribution < 1.29 is 4.74 Å². The Morgan fingerprint density at radius 3 is 2.13 bits per heavy atom. The van der Waals surface area contributed by atoms with E-state index in [-0.39, 0.29) is 0 Å². The lowest BCUT2D eigenvalue weighted by Crippen LogP contribution is -2.05. The van der Waals surface area contributed by atoms with Gasteiger partial charge < -0.3 is 4.74 Å². The highest BCUT2D eigenvalue weighted by molar-refractivity contribution is 5.29. The minimum Gasteiger partial charge on any atom is -0.494 e. The lowest BCUT2D eigenvalue weighted by Gasteiger charge is -2.22. The van der Waals surface area contributed by atoms with Crippen molar-refractivity contribution in [2.75, 3.05) is 6.61 Å². The summed E-state index contributed by atoms with van der Waals surface area (Å²) in [6.07, 6.45) is 12.9. The zero-order chi connectivity index (χ0) is 21.2. The molecule has 1 fully saturated rings. The van der Waals surface area contributed by atoms with E-state index in [1.807, 2.05) is 0 Å². The Morgan fingerprint density at radius 1 is 0.800 bits per heavy atom. The van der Waals surface area contributed by atoms with Crippen LogP contribution in [0, 0.1) is 11.8 Å². The monoisotopic (exact) mass is 406 g/mol. The van der Waals surface area contributed by atoms with Crippen molar-refractivity contribution in [1.29, 1.82) is 0 Å². The first kappa shape index (κ1) is 22.9. The van der Waals surface area contributed by atoms with Gasteiger partial charge in [0.05, 0.1) is 6.61 Å². The van der Waals surface area contributed by atoms with Crippen molar-refractivity contribution in [2.45, 2.75) is 90.9 Å². The van der Waals surface area contributed by atoms with Crippen LogP contribution in [-0.2, 0) is 12.8 Å². The summed E-state index contributed by atoms with van der Waals surface area (Å²) in [5.41, 5.74) is 4.45. The van der Waals surface area contributed by atoms with Gasteiger partial charge in [-0.25, -0.2) is 0 Å². The van der Waals surface area contributed by atoms with E-state index in [9.17, 15) is 0 Å². The maximum Gasteiger partial charge on any atom is 0.119 e. The van der Waals surface area contributed by atoms with Crippen molar-refractivity contribution in [1.82, 2.24) is 0 Å². The molecule has 164 valence electrons. The van der Waals surface area contributed by atoms with Gasteiger partial charge in [0.2, 0.25) is 0 Å². The van der Waals surface area contributed by atoms with Crippen LogP contribution in [0.5, 0.6) is 5.75 Å². The molecule has 1 aliphatic carbocycles. The van der Waals surface area contributed by atoms with Gasteiger partial charge in [-0.2, -0.15) is 0 Å². The van der Waals surface area contributed by atoms with E-state index in [0.717, 1.165) is 30.6 Å². The summed E-state index contributed by atoms with van der Waals surface area (Å²) in [5, 5.41) is 0. The Morgan fingerprint density at radius 2 is 1.47 bits per heavy atom. The Balaban J connectivity index is 1.33. The van der Waals surface area contributed by atoms with Crippen LogP contribution in [0.3, 0.4) is 0 Å². The van der Waals surface area contributed by atoms with Crippen LogP contribution >= 0.6 is 0 Å². The van der Waals surface area contributed by atoms with Crippen LogP contribution in [0.2, 0.25) is 0 Å². The summed E-state index contributed by atoms with van der Waals surface area (Å²) in [5.74, 6) is 3.28. The molecule has 1 aliphatic rings. The summed E-state index contributed by atoms with van der Waals surface area (Å²) in [6.45, 7) is 7.78. The molecule has 2 aromatic rings. The molecule has 1 nitrogen and oxygen atoms in total. The molecule has 0 radical (unpaired) electrons. The molecule has 0 aromatic heterocycles. The second-order valence-corrected chi connectivity index (χ2v) is 9.95. The van der Waals surface area contributed by atoms with E-state index in [1.165, 1.54) is 74.5 Å². The smallest absolute Gasteiger partial charge is 0.119 e. The molecular formula is C29H42O. The van der Waals surface area contributed by atoms with E-state index < -0.39 is 0 Å². The highest BCUT2D eigenvalue weighted by Gasteiger charge is 2.15. The normalized spacial score (nSPS) is 16.0. The topological polar surface area (TPSA) is 9.23 Å². The lowest BCUT2D eigenvalue weighted by molar-refractivity contribution is 0.294. The minimum atomic E-state index is 0.698. The SMILES string of the molecule is CC(C)CCc1ccc(CC(C)CCCOc2ccc(C3CCCCC3)cc2)cc1. The molecule has 1 unspecified atom stereocenters. The van der Waals surface area contributed by atoms with Crippen molar-refractivity contribution in [3.05, 3.63) is 65.2 Å². The van der Waals surface area contributed by atoms with Crippen LogP contribution in [-0.4, -0.2) is 6.61 Å². The zero-order valence-corrected chi connectivity index (χ0v) is 19.5. The molecule has 0 heterocycles. The molecule has 1 atom stereocenters. The third kappa shape index (κ3) is 7.82. The molecule has 3 rings (SSSR count). The first-order valence-electron chi connectivity index (χ1n) is 12.4. The maximum atomic E-state index is 6.01. The molecule has 1 heteroatoms. The largest absolute Gasteiger partial charge is 0.494 e. The number of hydrogen-bond acceptors (Lipinski definition) is 1. The number of rotatable bonds is 11. The van der Waals surface area contributed by atoms with Gasteiger partial charge in [0.15, 0.2) is 0 Å². The van der Waals surface area contributed by atoms with Crippen LogP contribution in [0.1, 0.15) is 94.7 Å². The molecule has 1 saturated carbocycles. The molecule has 0 N–H and O–H groups in total. The van der Waals surface area contributed by atoms with Crippen LogP contribution < -0.4 is 4.74 Å². The van der Waals surface area contributed by atoms with E-state index in [2.05, 4.69) is 69.3 Å². The average Bonchev–Trinajstić information content (AvgIpc) is 2.77. The molecule has 0 spiro atoms. The van der Waals surface area contributed by atoms with E-state index >= 15 is 0 Å². The minimum absolute atomic E-state index is 0.698. The highest BCUT2D eigenvalue weighted by atomic mass is 16.5. The molecule has 0 bridgehead atoms. The summed E-state index contributed by atoms with van der Waals surface area (Å²) < 4.78 is 6.01. The van der Waals surface area contributed by atoms with Gasteiger partial charge in [-0.1, -0.05) is 76.4 Å². The molecule has 2 aromatic carbocycles. The standard InChI is InChI=1S/C29H42O/c1-23(2)11-12-25-13-15-26(16-14-25)22-24(3)8-7-21-30-29-19-17-28(18-20-29)27-9-5-4-6-10-27/h13-20,23-24,27H,4-12,21-22H2,1-3H3. The van der Waals surface area contributed by atoms with Gasteiger partial charge in [0.1, 0.15) is 5.75 Å². The Kier molecular flexibility index (Phi) is 9.30. The van der Waals surface area contributed by atoms with Crippen molar-refractivity contribution in [3.8, 4) is 5.75 Å². The average molecular weight is 407 g/mol. The van der Waals surface area contributed by atoms with E-state index in [1.54, 1.807) is 0 Å². The second-order valence-electron chi connectivity index (χ2n) is 9.95. The summed E-state index contributed by atoms with van der Waals surface area (Å²) in [6, 6.07) is 18.2. The molecular weight excluding hydrogens is 364 g/mol. The van der Waals surface area contributed by atoms with Gasteiger partial charge in [0, 0.05) is 0 Å². The number of benzene rings is 2. The molecule has 0 amide bonds.